The first kappa shape index (κ1) is 14.4. The van der Waals surface area contributed by atoms with Crippen LogP contribution in [0.5, 0.6) is 0 Å². The van der Waals surface area contributed by atoms with E-state index in [4.69, 9.17) is 0 Å². The van der Waals surface area contributed by atoms with Crippen LogP contribution in [0.15, 0.2) is 29.6 Å². The van der Waals surface area contributed by atoms with E-state index in [1.165, 1.54) is 15.9 Å². The molecule has 3 aromatic rings. The number of aromatic nitrogens is 5. The van der Waals surface area contributed by atoms with Crippen LogP contribution in [0.25, 0.3) is 4.96 Å². The maximum atomic E-state index is 12.1. The molecule has 0 bridgehead atoms. The summed E-state index contributed by atoms with van der Waals surface area (Å²) in [5.74, 6) is 0. The normalized spacial score (nSPS) is 18.7. The summed E-state index contributed by atoms with van der Waals surface area (Å²) in [7, 11) is 0. The van der Waals surface area contributed by atoms with Crippen LogP contribution in [-0.2, 0) is 6.42 Å². The third kappa shape index (κ3) is 2.63. The highest BCUT2D eigenvalue weighted by atomic mass is 32.1. The van der Waals surface area contributed by atoms with Crippen molar-refractivity contribution in [2.24, 2.45) is 0 Å². The summed E-state index contributed by atoms with van der Waals surface area (Å²) in [4.78, 5) is 23.7. The number of nitrogens with zero attached hydrogens (tertiary/aromatic N) is 6. The van der Waals surface area contributed by atoms with Crippen LogP contribution in [0.1, 0.15) is 31.5 Å². The fourth-order valence-corrected chi connectivity index (χ4v) is 3.97. The SMILES string of the molecule is CCc1cc(=O)n2nc(N3CCCC(n4ccnc4)C3)sc2n1. The van der Waals surface area contributed by atoms with Crippen LogP contribution >= 0.6 is 11.3 Å². The minimum Gasteiger partial charge on any atom is -0.345 e. The zero-order valence-corrected chi connectivity index (χ0v) is 13.7. The number of hydrogen-bond donors (Lipinski definition) is 0. The number of anilines is 1. The van der Waals surface area contributed by atoms with Gasteiger partial charge in [-0.05, 0) is 19.3 Å². The lowest BCUT2D eigenvalue weighted by Gasteiger charge is -2.32. The van der Waals surface area contributed by atoms with E-state index in [-0.39, 0.29) is 5.56 Å². The van der Waals surface area contributed by atoms with Gasteiger partial charge in [0.15, 0.2) is 0 Å². The van der Waals surface area contributed by atoms with Crippen molar-refractivity contribution in [1.29, 1.82) is 0 Å². The summed E-state index contributed by atoms with van der Waals surface area (Å²) in [6.07, 6.45) is 8.67. The molecule has 0 radical (unpaired) electrons. The molecule has 1 fully saturated rings. The molecule has 4 heterocycles. The summed E-state index contributed by atoms with van der Waals surface area (Å²) >= 11 is 1.49. The third-order valence-electron chi connectivity index (χ3n) is 4.26. The topological polar surface area (TPSA) is 68.3 Å². The maximum absolute atomic E-state index is 12.1. The molecule has 3 aromatic heterocycles. The molecule has 1 aliphatic rings. The zero-order valence-electron chi connectivity index (χ0n) is 12.9. The van der Waals surface area contributed by atoms with Gasteiger partial charge < -0.3 is 9.47 Å². The van der Waals surface area contributed by atoms with Crippen molar-refractivity contribution >= 4 is 21.4 Å². The lowest BCUT2D eigenvalue weighted by molar-refractivity contribution is 0.404. The van der Waals surface area contributed by atoms with Crippen LogP contribution in [-0.4, -0.2) is 37.2 Å². The molecule has 1 aliphatic heterocycles. The molecule has 120 valence electrons. The lowest BCUT2D eigenvalue weighted by Crippen LogP contribution is -2.36. The molecule has 4 rings (SSSR count). The molecule has 0 amide bonds. The quantitative estimate of drug-likeness (QED) is 0.732. The largest absolute Gasteiger partial charge is 0.345 e. The molecule has 1 saturated heterocycles. The van der Waals surface area contributed by atoms with E-state index in [2.05, 4.69) is 24.5 Å². The number of aryl methyl sites for hydroxylation is 1. The van der Waals surface area contributed by atoms with E-state index in [1.807, 2.05) is 25.6 Å². The molecule has 0 N–H and O–H groups in total. The van der Waals surface area contributed by atoms with Gasteiger partial charge in [-0.1, -0.05) is 18.3 Å². The first-order valence-corrected chi connectivity index (χ1v) is 8.68. The highest BCUT2D eigenvalue weighted by Gasteiger charge is 2.24. The van der Waals surface area contributed by atoms with Gasteiger partial charge in [0.25, 0.3) is 5.56 Å². The molecule has 0 aromatic carbocycles. The highest BCUT2D eigenvalue weighted by Crippen LogP contribution is 2.28. The first-order valence-electron chi connectivity index (χ1n) is 7.87. The van der Waals surface area contributed by atoms with E-state index >= 15 is 0 Å². The van der Waals surface area contributed by atoms with Gasteiger partial charge >= 0.3 is 0 Å². The Bertz CT molecular complexity index is 868. The molecule has 23 heavy (non-hydrogen) atoms. The van der Waals surface area contributed by atoms with Gasteiger partial charge in [0.05, 0.1) is 12.4 Å². The monoisotopic (exact) mass is 330 g/mol. The third-order valence-corrected chi connectivity index (χ3v) is 5.23. The van der Waals surface area contributed by atoms with Crippen molar-refractivity contribution in [2.75, 3.05) is 18.0 Å². The summed E-state index contributed by atoms with van der Waals surface area (Å²) in [5.41, 5.74) is 0.720. The molecule has 0 spiro atoms. The van der Waals surface area contributed by atoms with E-state index < -0.39 is 0 Å². The molecule has 1 unspecified atom stereocenters. The van der Waals surface area contributed by atoms with Crippen molar-refractivity contribution < 1.29 is 0 Å². The van der Waals surface area contributed by atoms with Crippen molar-refractivity contribution in [2.45, 2.75) is 32.2 Å². The van der Waals surface area contributed by atoms with Gasteiger partial charge in [-0.25, -0.2) is 9.97 Å². The van der Waals surface area contributed by atoms with Gasteiger partial charge in [0.2, 0.25) is 10.1 Å². The Morgan fingerprint density at radius 1 is 1.43 bits per heavy atom. The molecule has 7 nitrogen and oxygen atoms in total. The predicted octanol–water partition coefficient (Wildman–Crippen LogP) is 1.75. The number of rotatable bonds is 3. The van der Waals surface area contributed by atoms with Gasteiger partial charge in [-0.15, -0.1) is 5.10 Å². The maximum Gasteiger partial charge on any atom is 0.275 e. The minimum absolute atomic E-state index is 0.0995. The Kier molecular flexibility index (Phi) is 3.60. The lowest BCUT2D eigenvalue weighted by atomic mass is 10.1. The second-order valence-corrected chi connectivity index (χ2v) is 6.70. The molecule has 1 atom stereocenters. The number of fused-ring (bicyclic) bond motifs is 1. The Balaban J connectivity index is 1.66. The number of hydrogen-bond acceptors (Lipinski definition) is 6. The average molecular weight is 330 g/mol. The Morgan fingerprint density at radius 3 is 3.13 bits per heavy atom. The van der Waals surface area contributed by atoms with E-state index in [0.29, 0.717) is 11.0 Å². The van der Waals surface area contributed by atoms with Crippen LogP contribution < -0.4 is 10.5 Å². The van der Waals surface area contributed by atoms with Crippen LogP contribution in [0.2, 0.25) is 0 Å². The smallest absolute Gasteiger partial charge is 0.275 e. The summed E-state index contributed by atoms with van der Waals surface area (Å²) < 4.78 is 3.57. The van der Waals surface area contributed by atoms with Gasteiger partial charge in [-0.3, -0.25) is 4.79 Å². The predicted molar refractivity (Wildman–Crippen MR) is 89.2 cm³/mol. The molecular weight excluding hydrogens is 312 g/mol. The van der Waals surface area contributed by atoms with Crippen molar-refractivity contribution in [3.8, 4) is 0 Å². The fraction of sp³-hybridized carbons (Fsp3) is 0.467. The first-order chi connectivity index (χ1) is 11.2. The van der Waals surface area contributed by atoms with Crippen LogP contribution in [0, 0.1) is 0 Å². The standard InChI is InChI=1S/C15H18N6OS/c1-2-11-8-13(22)21-14(17-11)23-15(18-21)19-6-3-4-12(9-19)20-7-5-16-10-20/h5,7-8,10,12H,2-4,6,9H2,1H3. The number of imidazole rings is 1. The van der Waals surface area contributed by atoms with Crippen LogP contribution in [0.4, 0.5) is 5.13 Å². The second kappa shape index (κ2) is 5.77. The summed E-state index contributed by atoms with van der Waals surface area (Å²) in [5, 5.41) is 5.36. The van der Waals surface area contributed by atoms with E-state index in [9.17, 15) is 4.79 Å². The van der Waals surface area contributed by atoms with Gasteiger partial charge in [0.1, 0.15) is 0 Å². The van der Waals surface area contributed by atoms with Gasteiger partial charge in [-0.2, -0.15) is 4.52 Å². The molecule has 0 saturated carbocycles. The Labute approximate surface area is 137 Å². The van der Waals surface area contributed by atoms with E-state index in [0.717, 1.165) is 43.2 Å². The number of piperidine rings is 1. The fourth-order valence-electron chi connectivity index (χ4n) is 3.01. The minimum atomic E-state index is -0.0995. The molecule has 0 aliphatic carbocycles. The Hall–Kier alpha value is -2.22. The Morgan fingerprint density at radius 2 is 2.35 bits per heavy atom. The molecule has 8 heteroatoms. The summed E-state index contributed by atoms with van der Waals surface area (Å²) in [6.45, 7) is 3.84. The zero-order chi connectivity index (χ0) is 15.8. The van der Waals surface area contributed by atoms with Crippen molar-refractivity contribution in [3.63, 3.8) is 0 Å². The summed E-state index contributed by atoms with van der Waals surface area (Å²) in [6, 6.07) is 1.97. The van der Waals surface area contributed by atoms with Crippen molar-refractivity contribution in [1.82, 2.24) is 24.1 Å². The van der Waals surface area contributed by atoms with Gasteiger partial charge in [0, 0.05) is 37.2 Å². The second-order valence-electron chi connectivity index (χ2n) is 5.77. The van der Waals surface area contributed by atoms with Crippen molar-refractivity contribution in [3.05, 3.63) is 40.8 Å². The molecular formula is C15H18N6OS. The van der Waals surface area contributed by atoms with E-state index in [1.54, 1.807) is 6.07 Å². The van der Waals surface area contributed by atoms with Crippen LogP contribution in [0.3, 0.4) is 0 Å². The average Bonchev–Trinajstić information content (AvgIpc) is 3.24. The highest BCUT2D eigenvalue weighted by molar-refractivity contribution is 7.20.